The number of ether oxygens (including phenoxy) is 1. The van der Waals surface area contributed by atoms with Crippen molar-refractivity contribution in [2.24, 2.45) is 0 Å². The average Bonchev–Trinajstić information content (AvgIpc) is 2.83. The minimum absolute atomic E-state index is 0.0593. The Balaban J connectivity index is 2.12. The summed E-state index contributed by atoms with van der Waals surface area (Å²) >= 11 is 0. The van der Waals surface area contributed by atoms with Gasteiger partial charge in [-0.3, -0.25) is 0 Å². The normalized spacial score (nSPS) is 19.8. The molecule has 0 aliphatic carbocycles. The van der Waals surface area contributed by atoms with E-state index < -0.39 is 9.84 Å². The Morgan fingerprint density at radius 2 is 1.81 bits per heavy atom. The zero-order valence-electron chi connectivity index (χ0n) is 9.56. The first kappa shape index (κ1) is 11.6. The first-order valence-corrected chi connectivity index (χ1v) is 7.16. The largest absolute Gasteiger partial charge is 0.372 e. The maximum atomic E-state index is 11.8. The van der Waals surface area contributed by atoms with Gasteiger partial charge in [-0.1, -0.05) is 29.3 Å². The molecule has 0 radical (unpaired) electrons. The fourth-order valence-corrected chi connectivity index (χ4v) is 3.46. The van der Waals surface area contributed by atoms with Gasteiger partial charge in [0.05, 0.1) is 24.2 Å². The van der Waals surface area contributed by atoms with E-state index in [-0.39, 0.29) is 17.6 Å². The van der Waals surface area contributed by atoms with Crippen LogP contribution < -0.4 is 0 Å². The molecule has 1 unspecified atom stereocenters. The number of benzene rings is 1. The SMILES string of the molecule is Cc1cc(C)cc(CS(=O)(=O)CC2CO2)c1. The lowest BCUT2D eigenvalue weighted by Crippen LogP contribution is -2.13. The molecule has 1 atom stereocenters. The summed E-state index contributed by atoms with van der Waals surface area (Å²) in [5.74, 6) is 0.273. The number of aryl methyl sites for hydroxylation is 2. The van der Waals surface area contributed by atoms with E-state index in [9.17, 15) is 8.42 Å². The van der Waals surface area contributed by atoms with Crippen LogP contribution in [0.3, 0.4) is 0 Å². The number of hydrogen-bond donors (Lipinski definition) is 0. The van der Waals surface area contributed by atoms with Crippen molar-refractivity contribution in [3.05, 3.63) is 34.9 Å². The van der Waals surface area contributed by atoms with Crippen LogP contribution in [0.15, 0.2) is 18.2 Å². The standard InChI is InChI=1S/C12H16O3S/c1-9-3-10(2)5-11(4-9)7-16(13,14)8-12-6-15-12/h3-5,12H,6-8H2,1-2H3. The Bertz CT molecular complexity index is 467. The first-order valence-electron chi connectivity index (χ1n) is 5.34. The van der Waals surface area contributed by atoms with Crippen LogP contribution in [-0.2, 0) is 20.3 Å². The molecule has 0 bridgehead atoms. The maximum absolute atomic E-state index is 11.8. The van der Waals surface area contributed by atoms with Crippen molar-refractivity contribution in [1.82, 2.24) is 0 Å². The lowest BCUT2D eigenvalue weighted by molar-refractivity contribution is 0.422. The number of rotatable bonds is 4. The molecule has 0 N–H and O–H groups in total. The molecule has 1 fully saturated rings. The molecule has 1 aromatic rings. The van der Waals surface area contributed by atoms with E-state index in [1.54, 1.807) is 0 Å². The second kappa shape index (κ2) is 4.18. The average molecular weight is 240 g/mol. The van der Waals surface area contributed by atoms with E-state index in [1.165, 1.54) is 0 Å². The molecule has 1 aromatic carbocycles. The predicted molar refractivity (Wildman–Crippen MR) is 63.1 cm³/mol. The highest BCUT2D eigenvalue weighted by atomic mass is 32.2. The second-order valence-corrected chi connectivity index (χ2v) is 6.62. The van der Waals surface area contributed by atoms with Crippen LogP contribution in [0.25, 0.3) is 0 Å². The van der Waals surface area contributed by atoms with E-state index in [4.69, 9.17) is 4.74 Å². The van der Waals surface area contributed by atoms with Crippen molar-refractivity contribution in [3.63, 3.8) is 0 Å². The highest BCUT2D eigenvalue weighted by Gasteiger charge is 2.29. The summed E-state index contributed by atoms with van der Waals surface area (Å²) in [5.41, 5.74) is 3.08. The smallest absolute Gasteiger partial charge is 0.157 e. The third kappa shape index (κ3) is 3.32. The third-order valence-corrected chi connectivity index (χ3v) is 4.16. The van der Waals surface area contributed by atoms with Gasteiger partial charge >= 0.3 is 0 Å². The summed E-state index contributed by atoms with van der Waals surface area (Å²) < 4.78 is 28.5. The summed E-state index contributed by atoms with van der Waals surface area (Å²) in [6.07, 6.45) is -0.0593. The Hall–Kier alpha value is -0.870. The number of hydrogen-bond acceptors (Lipinski definition) is 3. The highest BCUT2D eigenvalue weighted by molar-refractivity contribution is 7.90. The van der Waals surface area contributed by atoms with Crippen molar-refractivity contribution in [1.29, 1.82) is 0 Å². The van der Waals surface area contributed by atoms with Crippen molar-refractivity contribution in [2.75, 3.05) is 12.4 Å². The van der Waals surface area contributed by atoms with Crippen molar-refractivity contribution >= 4 is 9.84 Å². The van der Waals surface area contributed by atoms with Gasteiger partial charge < -0.3 is 4.74 Å². The molecule has 88 valence electrons. The van der Waals surface area contributed by atoms with Crippen LogP contribution in [0.1, 0.15) is 16.7 Å². The van der Waals surface area contributed by atoms with Gasteiger partial charge in [0.1, 0.15) is 0 Å². The molecule has 1 aliphatic rings. The maximum Gasteiger partial charge on any atom is 0.157 e. The molecule has 4 heteroatoms. The molecule has 0 amide bonds. The van der Waals surface area contributed by atoms with Gasteiger partial charge in [-0.2, -0.15) is 0 Å². The Morgan fingerprint density at radius 1 is 1.25 bits per heavy atom. The lowest BCUT2D eigenvalue weighted by atomic mass is 10.1. The fraction of sp³-hybridized carbons (Fsp3) is 0.500. The van der Waals surface area contributed by atoms with E-state index in [2.05, 4.69) is 0 Å². The molecule has 0 saturated carbocycles. The van der Waals surface area contributed by atoms with Crippen LogP contribution in [0.2, 0.25) is 0 Å². The first-order chi connectivity index (χ1) is 7.44. The van der Waals surface area contributed by atoms with Gasteiger partial charge in [0.15, 0.2) is 9.84 Å². The molecule has 1 heterocycles. The van der Waals surface area contributed by atoms with Crippen LogP contribution in [0, 0.1) is 13.8 Å². The molecule has 2 rings (SSSR count). The zero-order chi connectivity index (χ0) is 11.8. The molecule has 1 aliphatic heterocycles. The monoisotopic (exact) mass is 240 g/mol. The third-order valence-electron chi connectivity index (χ3n) is 2.51. The summed E-state index contributed by atoms with van der Waals surface area (Å²) in [6.45, 7) is 4.55. The molecule has 16 heavy (non-hydrogen) atoms. The summed E-state index contributed by atoms with van der Waals surface area (Å²) in [6, 6.07) is 5.90. The quantitative estimate of drug-likeness (QED) is 0.751. The predicted octanol–water partition coefficient (Wildman–Crippen LogP) is 1.62. The summed E-state index contributed by atoms with van der Waals surface area (Å²) in [4.78, 5) is 0. The topological polar surface area (TPSA) is 46.7 Å². The van der Waals surface area contributed by atoms with Crippen molar-refractivity contribution in [2.45, 2.75) is 25.7 Å². The van der Waals surface area contributed by atoms with E-state index in [1.807, 2.05) is 32.0 Å². The van der Waals surface area contributed by atoms with Gasteiger partial charge in [0.2, 0.25) is 0 Å². The van der Waals surface area contributed by atoms with E-state index >= 15 is 0 Å². The molecular weight excluding hydrogens is 224 g/mol. The van der Waals surface area contributed by atoms with Crippen LogP contribution in [-0.4, -0.2) is 26.9 Å². The van der Waals surface area contributed by atoms with Crippen LogP contribution in [0.5, 0.6) is 0 Å². The summed E-state index contributed by atoms with van der Waals surface area (Å²) in [5, 5.41) is 0. The minimum Gasteiger partial charge on any atom is -0.372 e. The molecule has 0 aromatic heterocycles. The molecular formula is C12H16O3S. The van der Waals surface area contributed by atoms with Gasteiger partial charge in [-0.05, 0) is 19.4 Å². The zero-order valence-corrected chi connectivity index (χ0v) is 10.4. The number of sulfone groups is 1. The lowest BCUT2D eigenvalue weighted by Gasteiger charge is -2.05. The van der Waals surface area contributed by atoms with Crippen LogP contribution >= 0.6 is 0 Å². The Labute approximate surface area is 96.4 Å². The van der Waals surface area contributed by atoms with Gasteiger partial charge in [0, 0.05) is 0 Å². The molecule has 1 saturated heterocycles. The van der Waals surface area contributed by atoms with Crippen LogP contribution in [0.4, 0.5) is 0 Å². The van der Waals surface area contributed by atoms with Gasteiger partial charge in [0.25, 0.3) is 0 Å². The number of epoxide rings is 1. The minimum atomic E-state index is -3.03. The highest BCUT2D eigenvalue weighted by Crippen LogP contribution is 2.17. The van der Waals surface area contributed by atoms with E-state index in [0.29, 0.717) is 6.61 Å². The Kier molecular flexibility index (Phi) is 3.04. The second-order valence-electron chi connectivity index (χ2n) is 4.51. The fourth-order valence-electron chi connectivity index (χ4n) is 1.91. The van der Waals surface area contributed by atoms with Crippen molar-refractivity contribution in [3.8, 4) is 0 Å². The molecule has 3 nitrogen and oxygen atoms in total. The Morgan fingerprint density at radius 3 is 2.31 bits per heavy atom. The van der Waals surface area contributed by atoms with Crippen molar-refractivity contribution < 1.29 is 13.2 Å². The summed E-state index contributed by atoms with van der Waals surface area (Å²) in [7, 11) is -3.03. The van der Waals surface area contributed by atoms with E-state index in [0.717, 1.165) is 16.7 Å². The molecule has 0 spiro atoms. The van der Waals surface area contributed by atoms with Gasteiger partial charge in [-0.15, -0.1) is 0 Å². The van der Waals surface area contributed by atoms with Gasteiger partial charge in [-0.25, -0.2) is 8.42 Å².